The minimum atomic E-state index is -5.09. The maximum absolute atomic E-state index is 12.2. The molecule has 0 aromatic carbocycles. The Hall–Kier alpha value is 1.28. The fourth-order valence-corrected chi connectivity index (χ4v) is 2.51. The van der Waals surface area contributed by atoms with Crippen LogP contribution in [0, 0.1) is 5.41 Å². The first kappa shape index (κ1) is 13.3. The van der Waals surface area contributed by atoms with Crippen LogP contribution < -0.4 is 51.4 Å². The van der Waals surface area contributed by atoms with Crippen molar-refractivity contribution >= 4 is 6.98 Å². The van der Waals surface area contributed by atoms with E-state index in [0.717, 1.165) is 0 Å². The molecule has 76 valence electrons. The van der Waals surface area contributed by atoms with E-state index >= 15 is 0 Å². The van der Waals surface area contributed by atoms with Crippen LogP contribution in [-0.4, -0.2) is 13.2 Å². The van der Waals surface area contributed by atoms with E-state index in [9.17, 15) is 26.1 Å². The third kappa shape index (κ3) is 1.44. The Kier molecular flexibility index (Phi) is 3.00. The molecule has 0 amide bonds. The molecule has 0 heterocycles. The van der Waals surface area contributed by atoms with Crippen LogP contribution in [0.15, 0.2) is 0 Å². The van der Waals surface area contributed by atoms with Gasteiger partial charge in [0.05, 0.1) is 5.41 Å². The van der Waals surface area contributed by atoms with Crippen molar-refractivity contribution < 1.29 is 77.5 Å². The van der Waals surface area contributed by atoms with Gasteiger partial charge in [0.15, 0.2) is 0 Å². The van der Waals surface area contributed by atoms with Crippen LogP contribution in [0.5, 0.6) is 0 Å². The molecule has 3 fully saturated rings. The summed E-state index contributed by atoms with van der Waals surface area (Å²) >= 11 is 0. The Morgan fingerprint density at radius 3 is 1.50 bits per heavy atom. The molecule has 3 aliphatic carbocycles. The average Bonchev–Trinajstić information content (AvgIpc) is 1.41. The van der Waals surface area contributed by atoms with Crippen molar-refractivity contribution in [3.63, 3.8) is 0 Å². The van der Waals surface area contributed by atoms with Crippen molar-refractivity contribution in [2.45, 2.75) is 30.8 Å². The molecule has 0 aromatic rings. The number of hydrogen-bond donors (Lipinski definition) is 0. The Morgan fingerprint density at radius 2 is 1.29 bits per heavy atom. The Morgan fingerprint density at radius 1 is 0.929 bits per heavy atom. The van der Waals surface area contributed by atoms with Crippen molar-refractivity contribution in [1.82, 2.24) is 0 Å². The molecular formula is C6H6BF6K. The van der Waals surface area contributed by atoms with Crippen LogP contribution in [0.1, 0.15) is 19.3 Å². The zero-order valence-electron chi connectivity index (χ0n) is 7.47. The van der Waals surface area contributed by atoms with Gasteiger partial charge in [-0.25, -0.2) is 0 Å². The van der Waals surface area contributed by atoms with Crippen LogP contribution in [0.3, 0.4) is 0 Å². The minimum absolute atomic E-state index is 0. The molecule has 0 atom stereocenters. The van der Waals surface area contributed by atoms with Gasteiger partial charge < -0.3 is 12.9 Å². The zero-order chi connectivity index (χ0) is 10.1. The van der Waals surface area contributed by atoms with Gasteiger partial charge in [0.1, 0.15) is 0 Å². The van der Waals surface area contributed by atoms with Gasteiger partial charge in [-0.2, -0.15) is 13.2 Å². The number of halogens is 6. The first-order valence-corrected chi connectivity index (χ1v) is 3.88. The number of hydrogen-bond acceptors (Lipinski definition) is 0. The first-order chi connectivity index (χ1) is 5.62. The normalized spacial score (nSPS) is 40.7. The summed E-state index contributed by atoms with van der Waals surface area (Å²) in [6.45, 7) is -5.09. The van der Waals surface area contributed by atoms with Crippen LogP contribution in [-0.2, 0) is 0 Å². The molecule has 0 nitrogen and oxygen atoms in total. The van der Waals surface area contributed by atoms with Gasteiger partial charge in [-0.15, -0.1) is 0 Å². The van der Waals surface area contributed by atoms with Crippen molar-refractivity contribution in [3.8, 4) is 0 Å². The van der Waals surface area contributed by atoms with E-state index in [2.05, 4.69) is 0 Å². The van der Waals surface area contributed by atoms with E-state index in [-0.39, 0.29) is 51.4 Å². The summed E-state index contributed by atoms with van der Waals surface area (Å²) in [6.07, 6.45) is -6.64. The summed E-state index contributed by atoms with van der Waals surface area (Å²) in [5, 5.41) is -1.94. The summed E-state index contributed by atoms with van der Waals surface area (Å²) in [4.78, 5) is 0. The molecule has 8 heteroatoms. The predicted molar refractivity (Wildman–Crippen MR) is 34.1 cm³/mol. The fourth-order valence-electron chi connectivity index (χ4n) is 2.51. The summed E-state index contributed by atoms with van der Waals surface area (Å²) < 4.78 is 72.9. The van der Waals surface area contributed by atoms with Crippen molar-refractivity contribution in [3.05, 3.63) is 0 Å². The van der Waals surface area contributed by atoms with Gasteiger partial charge in [0, 0.05) is 0 Å². The maximum atomic E-state index is 12.2. The van der Waals surface area contributed by atoms with Gasteiger partial charge in [-0.05, 0) is 0 Å². The Bertz CT molecular complexity index is 212. The standard InChI is InChI=1S/C6H6BF6.K/c8-6(9,10)4-1-5(2-4,3-4)7(11,12)13;/h1-3H2;/q-1;+1. The van der Waals surface area contributed by atoms with Crippen LogP contribution >= 0.6 is 0 Å². The van der Waals surface area contributed by atoms with Crippen molar-refractivity contribution in [2.75, 3.05) is 0 Å². The molecule has 14 heavy (non-hydrogen) atoms. The smallest absolute Gasteiger partial charge is 0.449 e. The van der Waals surface area contributed by atoms with Gasteiger partial charge in [0.25, 0.3) is 0 Å². The molecule has 0 unspecified atom stereocenters. The minimum Gasteiger partial charge on any atom is -0.449 e. The molecule has 3 saturated carbocycles. The second-order valence-corrected chi connectivity index (χ2v) is 4.25. The Balaban J connectivity index is 0.000000980. The SMILES string of the molecule is F[B-](F)(F)C12CC(C(F)(F)F)(C1)C2.[K+]. The molecule has 3 aliphatic rings. The first-order valence-electron chi connectivity index (χ1n) is 3.88. The zero-order valence-corrected chi connectivity index (χ0v) is 10.6. The van der Waals surface area contributed by atoms with Gasteiger partial charge >= 0.3 is 64.5 Å². The Labute approximate surface area is 119 Å². The maximum Gasteiger partial charge on any atom is 1.00 e. The number of alkyl halides is 3. The topological polar surface area (TPSA) is 0 Å². The summed E-state index contributed by atoms with van der Waals surface area (Å²) in [5.41, 5.74) is -1.98. The van der Waals surface area contributed by atoms with E-state index in [4.69, 9.17) is 0 Å². The van der Waals surface area contributed by atoms with E-state index in [1.807, 2.05) is 0 Å². The molecule has 0 spiro atoms. The second-order valence-electron chi connectivity index (χ2n) is 4.25. The fraction of sp³-hybridized carbons (Fsp3) is 1.00. The van der Waals surface area contributed by atoms with Gasteiger partial charge in [-0.3, -0.25) is 0 Å². The van der Waals surface area contributed by atoms with E-state index < -0.39 is 43.1 Å². The third-order valence-corrected chi connectivity index (χ3v) is 3.37. The quantitative estimate of drug-likeness (QED) is 0.459. The monoisotopic (exact) mass is 242 g/mol. The number of rotatable bonds is 1. The van der Waals surface area contributed by atoms with Crippen LogP contribution in [0.4, 0.5) is 26.1 Å². The molecule has 2 bridgehead atoms. The van der Waals surface area contributed by atoms with Crippen LogP contribution in [0.25, 0.3) is 0 Å². The predicted octanol–water partition coefficient (Wildman–Crippen LogP) is 0.324. The molecule has 0 N–H and O–H groups in total. The molecule has 0 radical (unpaired) electrons. The molecule has 0 saturated heterocycles. The van der Waals surface area contributed by atoms with Crippen molar-refractivity contribution in [2.24, 2.45) is 5.41 Å². The van der Waals surface area contributed by atoms with E-state index in [0.29, 0.717) is 0 Å². The van der Waals surface area contributed by atoms with E-state index in [1.165, 1.54) is 0 Å². The van der Waals surface area contributed by atoms with Gasteiger partial charge in [0.2, 0.25) is 0 Å². The van der Waals surface area contributed by atoms with Gasteiger partial charge in [-0.1, -0.05) is 24.6 Å². The molecular weight excluding hydrogens is 236 g/mol. The second kappa shape index (κ2) is 3.15. The molecule has 3 rings (SSSR count). The molecule has 0 aliphatic heterocycles. The molecule has 0 aromatic heterocycles. The summed E-state index contributed by atoms with van der Waals surface area (Å²) in [5.74, 6) is 0. The average molecular weight is 242 g/mol. The van der Waals surface area contributed by atoms with E-state index in [1.54, 1.807) is 0 Å². The van der Waals surface area contributed by atoms with Crippen LogP contribution in [0.2, 0.25) is 5.31 Å². The van der Waals surface area contributed by atoms with Crippen molar-refractivity contribution in [1.29, 1.82) is 0 Å². The summed E-state index contributed by atoms with van der Waals surface area (Å²) in [7, 11) is 0. The summed E-state index contributed by atoms with van der Waals surface area (Å²) in [6, 6.07) is 0. The third-order valence-electron chi connectivity index (χ3n) is 3.37. The largest absolute Gasteiger partial charge is 1.00 e.